The normalized spacial score (nSPS) is 10.8. The number of carbonyl (C=O) groups excluding carboxylic acids is 1. The number of anilines is 1. The van der Waals surface area contributed by atoms with Crippen molar-refractivity contribution in [3.8, 4) is 0 Å². The zero-order chi connectivity index (χ0) is 13.2. The first kappa shape index (κ1) is 11.5. The molecule has 1 aromatic carbocycles. The van der Waals surface area contributed by atoms with E-state index in [1.165, 1.54) is 0 Å². The summed E-state index contributed by atoms with van der Waals surface area (Å²) in [6, 6.07) is 11.1. The Balaban J connectivity index is 1.86. The van der Waals surface area contributed by atoms with Gasteiger partial charge in [-0.1, -0.05) is 19.1 Å². The standard InChI is InChI=1S/C14H13N3O2/c1-2-9-7-8-12(19-9)14(18)15-13-10-5-3-4-6-11(10)16-17-13/h3-8H,2H2,1H3,(H2,15,16,17,18). The highest BCUT2D eigenvalue weighted by Gasteiger charge is 2.14. The topological polar surface area (TPSA) is 70.9 Å². The van der Waals surface area contributed by atoms with Gasteiger partial charge < -0.3 is 9.73 Å². The molecule has 0 atom stereocenters. The number of aromatic nitrogens is 2. The maximum atomic E-state index is 12.0. The summed E-state index contributed by atoms with van der Waals surface area (Å²) < 4.78 is 5.41. The second kappa shape index (κ2) is 4.61. The van der Waals surface area contributed by atoms with Gasteiger partial charge in [0.1, 0.15) is 5.76 Å². The van der Waals surface area contributed by atoms with Gasteiger partial charge in [0.25, 0.3) is 5.91 Å². The number of H-pyrrole nitrogens is 1. The minimum absolute atomic E-state index is 0.294. The van der Waals surface area contributed by atoms with E-state index in [9.17, 15) is 4.79 Å². The first-order valence-corrected chi connectivity index (χ1v) is 6.11. The van der Waals surface area contributed by atoms with E-state index in [0.29, 0.717) is 11.6 Å². The molecule has 0 saturated carbocycles. The van der Waals surface area contributed by atoms with E-state index in [1.807, 2.05) is 31.2 Å². The summed E-state index contributed by atoms with van der Waals surface area (Å²) in [7, 11) is 0. The highest BCUT2D eigenvalue weighted by Crippen LogP contribution is 2.20. The molecule has 3 rings (SSSR count). The Morgan fingerprint density at radius 3 is 2.95 bits per heavy atom. The minimum atomic E-state index is -0.294. The second-order valence-electron chi connectivity index (χ2n) is 4.19. The van der Waals surface area contributed by atoms with Crippen molar-refractivity contribution in [2.45, 2.75) is 13.3 Å². The van der Waals surface area contributed by atoms with E-state index in [4.69, 9.17) is 4.42 Å². The summed E-state index contributed by atoms with van der Waals surface area (Å²) in [5.74, 6) is 1.30. The van der Waals surface area contributed by atoms with Gasteiger partial charge in [-0.25, -0.2) is 0 Å². The second-order valence-corrected chi connectivity index (χ2v) is 4.19. The fraction of sp³-hybridized carbons (Fsp3) is 0.143. The molecule has 0 aliphatic rings. The van der Waals surface area contributed by atoms with E-state index in [-0.39, 0.29) is 5.91 Å². The number of rotatable bonds is 3. The molecule has 5 nitrogen and oxygen atoms in total. The van der Waals surface area contributed by atoms with Crippen LogP contribution in [0.4, 0.5) is 5.82 Å². The number of amides is 1. The first-order valence-electron chi connectivity index (χ1n) is 6.11. The van der Waals surface area contributed by atoms with E-state index in [0.717, 1.165) is 23.1 Å². The summed E-state index contributed by atoms with van der Waals surface area (Å²) >= 11 is 0. The van der Waals surface area contributed by atoms with Crippen molar-refractivity contribution in [1.82, 2.24) is 10.2 Å². The van der Waals surface area contributed by atoms with Gasteiger partial charge >= 0.3 is 0 Å². The molecule has 0 bridgehead atoms. The SMILES string of the molecule is CCc1ccc(C(=O)Nc2n[nH]c3ccccc23)o1. The molecule has 0 aliphatic carbocycles. The quantitative estimate of drug-likeness (QED) is 0.755. The van der Waals surface area contributed by atoms with E-state index >= 15 is 0 Å². The summed E-state index contributed by atoms with van der Waals surface area (Å²) in [4.78, 5) is 12.0. The fourth-order valence-corrected chi connectivity index (χ4v) is 1.92. The number of fused-ring (bicyclic) bond motifs is 1. The maximum Gasteiger partial charge on any atom is 0.292 e. The number of nitrogens with zero attached hydrogens (tertiary/aromatic N) is 1. The Bertz CT molecular complexity index is 727. The third-order valence-electron chi connectivity index (χ3n) is 2.94. The Morgan fingerprint density at radius 1 is 1.32 bits per heavy atom. The molecular weight excluding hydrogens is 242 g/mol. The van der Waals surface area contributed by atoms with Crippen molar-refractivity contribution in [2.24, 2.45) is 0 Å². The third-order valence-corrected chi connectivity index (χ3v) is 2.94. The predicted molar refractivity (Wildman–Crippen MR) is 72.1 cm³/mol. The molecule has 3 aromatic rings. The summed E-state index contributed by atoms with van der Waals surface area (Å²) in [5, 5.41) is 10.6. The molecule has 1 amide bonds. The molecule has 2 N–H and O–H groups in total. The van der Waals surface area contributed by atoms with Crippen LogP contribution in [0.15, 0.2) is 40.8 Å². The molecule has 19 heavy (non-hydrogen) atoms. The van der Waals surface area contributed by atoms with Gasteiger partial charge in [0.15, 0.2) is 11.6 Å². The Labute approximate surface area is 109 Å². The molecule has 2 heterocycles. The van der Waals surface area contributed by atoms with Crippen molar-refractivity contribution in [3.05, 3.63) is 47.9 Å². The first-order chi connectivity index (χ1) is 9.28. The summed E-state index contributed by atoms with van der Waals surface area (Å²) in [6.45, 7) is 1.97. The van der Waals surface area contributed by atoms with Gasteiger partial charge in [-0.3, -0.25) is 9.89 Å². The highest BCUT2D eigenvalue weighted by atomic mass is 16.3. The van der Waals surface area contributed by atoms with E-state index < -0.39 is 0 Å². The van der Waals surface area contributed by atoms with Crippen molar-refractivity contribution < 1.29 is 9.21 Å². The van der Waals surface area contributed by atoms with Crippen LogP contribution in [0.3, 0.4) is 0 Å². The zero-order valence-electron chi connectivity index (χ0n) is 10.4. The van der Waals surface area contributed by atoms with Gasteiger partial charge in [0.05, 0.1) is 5.52 Å². The lowest BCUT2D eigenvalue weighted by Gasteiger charge is -1.99. The predicted octanol–water partition coefficient (Wildman–Crippen LogP) is 2.97. The minimum Gasteiger partial charge on any atom is -0.456 e. The van der Waals surface area contributed by atoms with Crippen molar-refractivity contribution >= 4 is 22.6 Å². The van der Waals surface area contributed by atoms with Crippen LogP contribution >= 0.6 is 0 Å². The largest absolute Gasteiger partial charge is 0.456 e. The van der Waals surface area contributed by atoms with Crippen LogP contribution in [0, 0.1) is 0 Å². The number of carbonyl (C=O) groups is 1. The average Bonchev–Trinajstić information content (AvgIpc) is 3.06. The Kier molecular flexibility index (Phi) is 2.79. The Hall–Kier alpha value is -2.56. The van der Waals surface area contributed by atoms with Gasteiger partial charge in [-0.15, -0.1) is 0 Å². The average molecular weight is 255 g/mol. The lowest BCUT2D eigenvalue weighted by Crippen LogP contribution is -2.11. The van der Waals surface area contributed by atoms with Crippen molar-refractivity contribution in [2.75, 3.05) is 5.32 Å². The van der Waals surface area contributed by atoms with Crippen molar-refractivity contribution in [1.29, 1.82) is 0 Å². The van der Waals surface area contributed by atoms with Gasteiger partial charge in [-0.2, -0.15) is 5.10 Å². The molecule has 5 heteroatoms. The number of aromatic amines is 1. The van der Waals surface area contributed by atoms with Gasteiger partial charge in [0, 0.05) is 11.8 Å². The molecule has 96 valence electrons. The number of nitrogens with one attached hydrogen (secondary N) is 2. The number of para-hydroxylation sites is 1. The number of hydrogen-bond acceptors (Lipinski definition) is 3. The molecule has 2 aromatic heterocycles. The van der Waals surface area contributed by atoms with Crippen LogP contribution in [0.5, 0.6) is 0 Å². The summed E-state index contributed by atoms with van der Waals surface area (Å²) in [5.41, 5.74) is 0.881. The lowest BCUT2D eigenvalue weighted by atomic mass is 10.2. The van der Waals surface area contributed by atoms with Crippen LogP contribution in [-0.4, -0.2) is 16.1 Å². The molecule has 0 saturated heterocycles. The van der Waals surface area contributed by atoms with Gasteiger partial charge in [0.2, 0.25) is 0 Å². The summed E-state index contributed by atoms with van der Waals surface area (Å²) in [6.07, 6.45) is 0.763. The van der Waals surface area contributed by atoms with Crippen LogP contribution in [0.1, 0.15) is 23.2 Å². The maximum absolute atomic E-state index is 12.0. The smallest absolute Gasteiger partial charge is 0.292 e. The Morgan fingerprint density at radius 2 is 2.16 bits per heavy atom. The number of furan rings is 1. The molecule has 0 radical (unpaired) electrons. The highest BCUT2D eigenvalue weighted by molar-refractivity contribution is 6.06. The monoisotopic (exact) mass is 255 g/mol. The lowest BCUT2D eigenvalue weighted by molar-refractivity contribution is 0.0995. The molecule has 0 aliphatic heterocycles. The fourth-order valence-electron chi connectivity index (χ4n) is 1.92. The number of hydrogen-bond donors (Lipinski definition) is 2. The van der Waals surface area contributed by atoms with Crippen molar-refractivity contribution in [3.63, 3.8) is 0 Å². The van der Waals surface area contributed by atoms with Gasteiger partial charge in [-0.05, 0) is 24.3 Å². The van der Waals surface area contributed by atoms with Crippen LogP contribution in [-0.2, 0) is 6.42 Å². The third kappa shape index (κ3) is 2.10. The van der Waals surface area contributed by atoms with Crippen LogP contribution in [0.2, 0.25) is 0 Å². The van der Waals surface area contributed by atoms with E-state index in [1.54, 1.807) is 12.1 Å². The van der Waals surface area contributed by atoms with Crippen LogP contribution < -0.4 is 5.32 Å². The van der Waals surface area contributed by atoms with E-state index in [2.05, 4.69) is 15.5 Å². The molecular formula is C14H13N3O2. The molecule has 0 spiro atoms. The number of aryl methyl sites for hydroxylation is 1. The number of benzene rings is 1. The zero-order valence-corrected chi connectivity index (χ0v) is 10.4. The molecule has 0 fully saturated rings. The van der Waals surface area contributed by atoms with Crippen LogP contribution in [0.25, 0.3) is 10.9 Å². The molecule has 0 unspecified atom stereocenters.